The quantitative estimate of drug-likeness (QED) is 0.694. The molecule has 0 atom stereocenters. The summed E-state index contributed by atoms with van der Waals surface area (Å²) < 4.78 is 0. The van der Waals surface area contributed by atoms with Gasteiger partial charge in [-0.05, 0) is 19.9 Å². The number of nitrogens with zero attached hydrogens (tertiary/aromatic N) is 2. The molecule has 14 heavy (non-hydrogen) atoms. The normalized spacial score (nSPS) is 10.5. The number of halogens is 1. The molecule has 72 valence electrons. The molecule has 0 aromatic carbocycles. The number of thiophene rings is 1. The lowest BCUT2D eigenvalue weighted by molar-refractivity contribution is 1.06. The summed E-state index contributed by atoms with van der Waals surface area (Å²) in [4.78, 5) is 9.62. The van der Waals surface area contributed by atoms with Gasteiger partial charge in [-0.2, -0.15) is 0 Å². The monoisotopic (exact) mass is 224 g/mol. The van der Waals surface area contributed by atoms with Gasteiger partial charge in [-0.1, -0.05) is 11.6 Å². The highest BCUT2D eigenvalue weighted by Gasteiger charge is 2.04. The van der Waals surface area contributed by atoms with Crippen LogP contribution in [0.1, 0.15) is 10.7 Å². The lowest BCUT2D eigenvalue weighted by Crippen LogP contribution is -1.90. The molecular weight excluding hydrogens is 216 g/mol. The van der Waals surface area contributed by atoms with Crippen molar-refractivity contribution < 1.29 is 0 Å². The summed E-state index contributed by atoms with van der Waals surface area (Å²) in [5.74, 6) is 0.705. The molecule has 0 bridgehead atoms. The molecule has 0 aliphatic rings. The molecule has 0 fully saturated rings. The van der Waals surface area contributed by atoms with Gasteiger partial charge in [0.05, 0.1) is 5.69 Å². The third-order valence-electron chi connectivity index (χ3n) is 1.83. The van der Waals surface area contributed by atoms with Gasteiger partial charge in [-0.3, -0.25) is 0 Å². The second-order valence-corrected chi connectivity index (χ2v) is 4.57. The number of aryl methyl sites for hydroxylation is 2. The van der Waals surface area contributed by atoms with E-state index in [1.54, 1.807) is 17.4 Å². The van der Waals surface area contributed by atoms with Crippen molar-refractivity contribution in [1.29, 1.82) is 0 Å². The van der Waals surface area contributed by atoms with Crippen molar-refractivity contribution in [2.24, 2.45) is 0 Å². The Labute approximate surface area is 91.6 Å². The average Bonchev–Trinajstić information content (AvgIpc) is 2.50. The van der Waals surface area contributed by atoms with Gasteiger partial charge in [-0.25, -0.2) is 9.97 Å². The molecule has 2 rings (SSSR count). The van der Waals surface area contributed by atoms with Crippen LogP contribution >= 0.6 is 22.9 Å². The van der Waals surface area contributed by atoms with Crippen molar-refractivity contribution in [2.45, 2.75) is 13.8 Å². The molecular formula is C10H9ClN2S. The Morgan fingerprint density at radius 3 is 2.57 bits per heavy atom. The first kappa shape index (κ1) is 9.62. The first-order chi connectivity index (χ1) is 6.65. The SMILES string of the molecule is Cc1nc(Cl)cc(-c2csc(C)c2)n1. The van der Waals surface area contributed by atoms with E-state index in [1.165, 1.54) is 4.88 Å². The van der Waals surface area contributed by atoms with Crippen molar-refractivity contribution in [3.8, 4) is 11.3 Å². The standard InChI is InChI=1S/C10H9ClN2S/c1-6-3-8(5-14-6)9-4-10(11)13-7(2)12-9/h3-5H,1-2H3. The minimum absolute atomic E-state index is 0.497. The van der Waals surface area contributed by atoms with E-state index in [0.717, 1.165) is 11.3 Å². The number of hydrogen-bond acceptors (Lipinski definition) is 3. The van der Waals surface area contributed by atoms with Gasteiger partial charge < -0.3 is 0 Å². The molecule has 0 amide bonds. The number of hydrogen-bond donors (Lipinski definition) is 0. The van der Waals surface area contributed by atoms with Gasteiger partial charge in [-0.15, -0.1) is 11.3 Å². The van der Waals surface area contributed by atoms with Crippen LogP contribution in [0, 0.1) is 13.8 Å². The van der Waals surface area contributed by atoms with Crippen molar-refractivity contribution in [3.05, 3.63) is 33.4 Å². The molecule has 2 nitrogen and oxygen atoms in total. The van der Waals surface area contributed by atoms with Crippen LogP contribution in [0.3, 0.4) is 0 Å². The van der Waals surface area contributed by atoms with Gasteiger partial charge in [0.1, 0.15) is 11.0 Å². The average molecular weight is 225 g/mol. The molecule has 2 heterocycles. The van der Waals surface area contributed by atoms with Gasteiger partial charge in [0.2, 0.25) is 0 Å². The van der Waals surface area contributed by atoms with E-state index in [4.69, 9.17) is 11.6 Å². The Kier molecular flexibility index (Phi) is 2.52. The second kappa shape index (κ2) is 3.67. The summed E-state index contributed by atoms with van der Waals surface area (Å²) in [6, 6.07) is 3.89. The van der Waals surface area contributed by atoms with E-state index in [0.29, 0.717) is 11.0 Å². The highest BCUT2D eigenvalue weighted by molar-refractivity contribution is 7.10. The minimum atomic E-state index is 0.497. The highest BCUT2D eigenvalue weighted by atomic mass is 35.5. The largest absolute Gasteiger partial charge is 0.233 e. The van der Waals surface area contributed by atoms with Gasteiger partial charge in [0.15, 0.2) is 0 Å². The fourth-order valence-corrected chi connectivity index (χ4v) is 2.18. The smallest absolute Gasteiger partial charge is 0.133 e. The maximum Gasteiger partial charge on any atom is 0.133 e. The van der Waals surface area contributed by atoms with Gasteiger partial charge in [0.25, 0.3) is 0 Å². The third kappa shape index (κ3) is 1.94. The Morgan fingerprint density at radius 2 is 2.00 bits per heavy atom. The molecule has 0 N–H and O–H groups in total. The van der Waals surface area contributed by atoms with E-state index < -0.39 is 0 Å². The second-order valence-electron chi connectivity index (χ2n) is 3.07. The highest BCUT2D eigenvalue weighted by Crippen LogP contribution is 2.24. The third-order valence-corrected chi connectivity index (χ3v) is 2.89. The van der Waals surface area contributed by atoms with Crippen LogP contribution < -0.4 is 0 Å². The van der Waals surface area contributed by atoms with Crippen molar-refractivity contribution in [2.75, 3.05) is 0 Å². The molecule has 0 unspecified atom stereocenters. The van der Waals surface area contributed by atoms with Gasteiger partial charge >= 0.3 is 0 Å². The predicted octanol–water partition coefficient (Wildman–Crippen LogP) is 3.48. The summed E-state index contributed by atoms with van der Waals surface area (Å²) in [6.07, 6.45) is 0. The van der Waals surface area contributed by atoms with Crippen molar-refractivity contribution in [1.82, 2.24) is 9.97 Å². The molecule has 0 aliphatic carbocycles. The van der Waals surface area contributed by atoms with E-state index in [1.807, 2.05) is 6.92 Å². The van der Waals surface area contributed by atoms with Crippen LogP contribution in [0.5, 0.6) is 0 Å². The van der Waals surface area contributed by atoms with Crippen molar-refractivity contribution in [3.63, 3.8) is 0 Å². The molecule has 0 aliphatic heterocycles. The zero-order chi connectivity index (χ0) is 10.1. The molecule has 0 radical (unpaired) electrons. The number of rotatable bonds is 1. The summed E-state index contributed by atoms with van der Waals surface area (Å²) in [7, 11) is 0. The molecule has 0 saturated heterocycles. The molecule has 0 saturated carbocycles. The fourth-order valence-electron chi connectivity index (χ4n) is 1.26. The van der Waals surface area contributed by atoms with Crippen LogP contribution in [0.25, 0.3) is 11.3 Å². The van der Waals surface area contributed by atoms with Gasteiger partial charge in [0, 0.05) is 21.9 Å². The van der Waals surface area contributed by atoms with Crippen LogP contribution in [-0.2, 0) is 0 Å². The first-order valence-corrected chi connectivity index (χ1v) is 5.47. The lowest BCUT2D eigenvalue weighted by Gasteiger charge is -1.99. The number of aromatic nitrogens is 2. The Morgan fingerprint density at radius 1 is 1.21 bits per heavy atom. The first-order valence-electron chi connectivity index (χ1n) is 4.22. The molecule has 2 aromatic rings. The molecule has 2 aromatic heterocycles. The maximum atomic E-state index is 5.86. The van der Waals surface area contributed by atoms with E-state index in [-0.39, 0.29) is 0 Å². The van der Waals surface area contributed by atoms with Crippen molar-refractivity contribution >= 4 is 22.9 Å². The van der Waals surface area contributed by atoms with E-state index in [9.17, 15) is 0 Å². The summed E-state index contributed by atoms with van der Waals surface area (Å²) in [5.41, 5.74) is 2.01. The topological polar surface area (TPSA) is 25.8 Å². The Hall–Kier alpha value is -0.930. The Bertz CT molecular complexity index is 445. The van der Waals surface area contributed by atoms with Crippen LogP contribution in [-0.4, -0.2) is 9.97 Å². The van der Waals surface area contributed by atoms with E-state index >= 15 is 0 Å². The van der Waals surface area contributed by atoms with Crippen LogP contribution in [0.2, 0.25) is 5.15 Å². The summed E-state index contributed by atoms with van der Waals surface area (Å²) in [5, 5.41) is 2.57. The Balaban J connectivity index is 2.51. The molecule has 0 spiro atoms. The zero-order valence-electron chi connectivity index (χ0n) is 7.91. The summed E-state index contributed by atoms with van der Waals surface area (Å²) in [6.45, 7) is 3.92. The zero-order valence-corrected chi connectivity index (χ0v) is 9.49. The van der Waals surface area contributed by atoms with Crippen LogP contribution in [0.15, 0.2) is 17.5 Å². The minimum Gasteiger partial charge on any atom is -0.233 e. The molecule has 4 heteroatoms. The maximum absolute atomic E-state index is 5.86. The summed E-state index contributed by atoms with van der Waals surface area (Å²) >= 11 is 7.57. The fraction of sp³-hybridized carbons (Fsp3) is 0.200. The van der Waals surface area contributed by atoms with E-state index in [2.05, 4.69) is 28.3 Å². The van der Waals surface area contributed by atoms with Crippen LogP contribution in [0.4, 0.5) is 0 Å². The predicted molar refractivity (Wildman–Crippen MR) is 59.8 cm³/mol. The lowest BCUT2D eigenvalue weighted by atomic mass is 10.2.